The van der Waals surface area contributed by atoms with Crippen molar-refractivity contribution >= 4 is 44.8 Å². The van der Waals surface area contributed by atoms with Gasteiger partial charge in [0.1, 0.15) is 0 Å². The van der Waals surface area contributed by atoms with E-state index in [0.29, 0.717) is 5.69 Å². The Labute approximate surface area is 79.2 Å². The first-order valence-electron chi connectivity index (χ1n) is 2.81. The Bertz CT molecular complexity index is 267. The molecule has 0 aliphatic heterocycles. The maximum absolute atomic E-state index is 9.03. The van der Waals surface area contributed by atoms with Crippen LogP contribution in [0.3, 0.4) is 0 Å². The van der Waals surface area contributed by atoms with E-state index in [4.69, 9.17) is 28.5 Å². The fourth-order valence-corrected chi connectivity index (χ4v) is 3.27. The molecule has 60 valence electrons. The van der Waals surface area contributed by atoms with Crippen molar-refractivity contribution in [3.05, 3.63) is 18.2 Å². The second-order valence-electron chi connectivity index (χ2n) is 1.98. The van der Waals surface area contributed by atoms with Crippen molar-refractivity contribution in [2.45, 2.75) is 0 Å². The fourth-order valence-electron chi connectivity index (χ4n) is 0.647. The molecule has 0 spiro atoms. The van der Waals surface area contributed by atoms with E-state index in [9.17, 15) is 0 Å². The molecule has 0 radical (unpaired) electrons. The molecule has 0 saturated heterocycles. The van der Waals surface area contributed by atoms with Crippen molar-refractivity contribution < 1.29 is 5.11 Å². The van der Waals surface area contributed by atoms with Crippen LogP contribution in [0.25, 0.3) is 0 Å². The SMILES string of the molecule is Nc1c[c]([Sb]([Cl])[Cl])ccc1O. The van der Waals surface area contributed by atoms with E-state index in [1.165, 1.54) is 6.07 Å². The van der Waals surface area contributed by atoms with Gasteiger partial charge in [-0.15, -0.1) is 0 Å². The minimum atomic E-state index is -2.22. The van der Waals surface area contributed by atoms with E-state index in [1.807, 2.05) is 0 Å². The summed E-state index contributed by atoms with van der Waals surface area (Å²) < 4.78 is 0.867. The van der Waals surface area contributed by atoms with Crippen LogP contribution < -0.4 is 9.24 Å². The van der Waals surface area contributed by atoms with E-state index < -0.39 is 17.9 Å². The second-order valence-corrected chi connectivity index (χ2v) is 10.5. The first kappa shape index (κ1) is 9.31. The van der Waals surface area contributed by atoms with Crippen LogP contribution in [0, 0.1) is 0 Å². The molecule has 0 atom stereocenters. The zero-order valence-electron chi connectivity index (χ0n) is 5.46. The van der Waals surface area contributed by atoms with Gasteiger partial charge in [-0.25, -0.2) is 0 Å². The molecule has 0 unspecified atom stereocenters. The quantitative estimate of drug-likeness (QED) is 0.464. The summed E-state index contributed by atoms with van der Waals surface area (Å²) in [5, 5.41) is 9.03. The molecule has 11 heavy (non-hydrogen) atoms. The van der Waals surface area contributed by atoms with Gasteiger partial charge in [-0.2, -0.15) is 0 Å². The topological polar surface area (TPSA) is 46.2 Å². The molecule has 0 heterocycles. The molecule has 3 N–H and O–H groups in total. The van der Waals surface area contributed by atoms with Gasteiger partial charge in [-0.3, -0.25) is 0 Å². The Morgan fingerprint density at radius 1 is 1.36 bits per heavy atom. The standard InChI is InChI=1S/C6H6NO.2ClH.Sb/c7-5-3-1-2-4-6(5)8;;;/h2-4,8H,7H2;2*1H;/q;;;+2/p-2. The third kappa shape index (κ3) is 2.33. The Morgan fingerprint density at radius 3 is 2.45 bits per heavy atom. The Morgan fingerprint density at radius 2 is 2.00 bits per heavy atom. The molecule has 0 aliphatic rings. The first-order chi connectivity index (χ1) is 5.11. The van der Waals surface area contributed by atoms with Crippen molar-refractivity contribution in [3.63, 3.8) is 0 Å². The number of anilines is 1. The molecule has 0 bridgehead atoms. The Hall–Kier alpha value is 0.218. The van der Waals surface area contributed by atoms with Gasteiger partial charge < -0.3 is 0 Å². The average Bonchev–Trinajstić information content (AvgIpc) is 1.94. The van der Waals surface area contributed by atoms with Crippen LogP contribution in [0.5, 0.6) is 5.75 Å². The monoisotopic (exact) mass is 299 g/mol. The summed E-state index contributed by atoms with van der Waals surface area (Å²) in [5.41, 5.74) is 5.75. The summed E-state index contributed by atoms with van der Waals surface area (Å²) in [6.07, 6.45) is 0. The van der Waals surface area contributed by atoms with Crippen LogP contribution in [-0.4, -0.2) is 23.0 Å². The molecule has 0 saturated carbocycles. The van der Waals surface area contributed by atoms with Gasteiger partial charge in [0.2, 0.25) is 0 Å². The zero-order chi connectivity index (χ0) is 8.43. The van der Waals surface area contributed by atoms with Gasteiger partial charge in [0, 0.05) is 0 Å². The molecule has 0 amide bonds. The van der Waals surface area contributed by atoms with Crippen LogP contribution >= 0.6 is 17.7 Å². The van der Waals surface area contributed by atoms with Gasteiger partial charge in [0.05, 0.1) is 0 Å². The van der Waals surface area contributed by atoms with Crippen LogP contribution in [0.4, 0.5) is 5.69 Å². The van der Waals surface area contributed by atoms with E-state index in [0.717, 1.165) is 3.51 Å². The van der Waals surface area contributed by atoms with Crippen molar-refractivity contribution in [1.29, 1.82) is 0 Å². The van der Waals surface area contributed by atoms with Gasteiger partial charge in [0.15, 0.2) is 0 Å². The van der Waals surface area contributed by atoms with Gasteiger partial charge >= 0.3 is 79.6 Å². The number of nitrogens with two attached hydrogens (primary N) is 1. The third-order valence-electron chi connectivity index (χ3n) is 1.21. The van der Waals surface area contributed by atoms with Crippen LogP contribution in [0.15, 0.2) is 18.2 Å². The van der Waals surface area contributed by atoms with E-state index in [-0.39, 0.29) is 5.75 Å². The van der Waals surface area contributed by atoms with Crippen molar-refractivity contribution in [2.75, 3.05) is 5.73 Å². The van der Waals surface area contributed by atoms with E-state index in [1.54, 1.807) is 12.1 Å². The number of phenolic OH excluding ortho intramolecular Hbond substituents is 1. The molecule has 0 aromatic heterocycles. The molecule has 0 aliphatic carbocycles. The summed E-state index contributed by atoms with van der Waals surface area (Å²) in [4.78, 5) is 0. The molecule has 0 fully saturated rings. The van der Waals surface area contributed by atoms with Gasteiger partial charge in [-0.05, 0) is 0 Å². The van der Waals surface area contributed by atoms with Gasteiger partial charge in [0.25, 0.3) is 0 Å². The number of hydrogen-bond acceptors (Lipinski definition) is 2. The Balaban J connectivity index is 3.05. The number of phenols is 1. The third-order valence-corrected chi connectivity index (χ3v) is 5.73. The average molecular weight is 301 g/mol. The number of nitrogen functional groups attached to an aromatic ring is 1. The molecular formula is C6H6Cl2NOSb. The summed E-state index contributed by atoms with van der Waals surface area (Å²) in [7, 11) is 11.5. The first-order valence-corrected chi connectivity index (χ1v) is 10.6. The summed E-state index contributed by atoms with van der Waals surface area (Å²) in [6, 6.07) is 4.83. The van der Waals surface area contributed by atoms with Gasteiger partial charge in [-0.1, -0.05) is 0 Å². The van der Waals surface area contributed by atoms with Crippen LogP contribution in [0.1, 0.15) is 0 Å². The van der Waals surface area contributed by atoms with Crippen LogP contribution in [0.2, 0.25) is 0 Å². The predicted molar refractivity (Wildman–Crippen MR) is 49.6 cm³/mol. The minimum absolute atomic E-state index is 0.0735. The molecule has 1 aromatic rings. The van der Waals surface area contributed by atoms with Crippen molar-refractivity contribution in [1.82, 2.24) is 0 Å². The Kier molecular flexibility index (Phi) is 3.17. The summed E-state index contributed by atoms with van der Waals surface area (Å²) in [5.74, 6) is 0.0735. The summed E-state index contributed by atoms with van der Waals surface area (Å²) in [6.45, 7) is 0. The molecule has 5 heteroatoms. The maximum atomic E-state index is 9.03. The number of benzene rings is 1. The number of aromatic hydroxyl groups is 1. The number of rotatable bonds is 1. The zero-order valence-corrected chi connectivity index (χ0v) is 9.52. The predicted octanol–water partition coefficient (Wildman–Crippen LogP) is 1.15. The summed E-state index contributed by atoms with van der Waals surface area (Å²) >= 11 is -2.22. The molecular weight excluding hydrogens is 295 g/mol. The molecule has 1 rings (SSSR count). The van der Waals surface area contributed by atoms with Crippen molar-refractivity contribution in [2.24, 2.45) is 0 Å². The van der Waals surface area contributed by atoms with Crippen LogP contribution in [-0.2, 0) is 0 Å². The fraction of sp³-hybridized carbons (Fsp3) is 0. The molecule has 1 aromatic carbocycles. The number of halogens is 2. The second kappa shape index (κ2) is 3.75. The normalized spacial score (nSPS) is 10.5. The van der Waals surface area contributed by atoms with E-state index >= 15 is 0 Å². The molecule has 2 nitrogen and oxygen atoms in total. The number of hydrogen-bond donors (Lipinski definition) is 2. The van der Waals surface area contributed by atoms with Crippen molar-refractivity contribution in [3.8, 4) is 5.75 Å². The van der Waals surface area contributed by atoms with E-state index in [2.05, 4.69) is 0 Å².